The monoisotopic (exact) mass is 643 g/mol. The maximum absolute atomic E-state index is 9.85. The van der Waals surface area contributed by atoms with E-state index in [4.69, 9.17) is 15.0 Å². The molecule has 45 heavy (non-hydrogen) atoms. The van der Waals surface area contributed by atoms with Crippen molar-refractivity contribution in [3.63, 3.8) is 0 Å². The number of rotatable bonds is 4. The number of nitriles is 1. The van der Waals surface area contributed by atoms with Crippen molar-refractivity contribution in [3.05, 3.63) is 144 Å². The van der Waals surface area contributed by atoms with Crippen LogP contribution in [0, 0.1) is 11.3 Å². The molecule has 0 bridgehead atoms. The molecule has 0 saturated carbocycles. The summed E-state index contributed by atoms with van der Waals surface area (Å²) in [6.07, 6.45) is 1.69. The first-order valence-electron chi connectivity index (χ1n) is 14.3. The summed E-state index contributed by atoms with van der Waals surface area (Å²) in [4.78, 5) is 23.7. The molecule has 7 nitrogen and oxygen atoms in total. The Morgan fingerprint density at radius 1 is 0.533 bits per heavy atom. The molecule has 1 aliphatic heterocycles. The number of halogens is 1. The molecule has 8 rings (SSSR count). The molecule has 0 aliphatic carbocycles. The van der Waals surface area contributed by atoms with Crippen LogP contribution in [-0.4, -0.2) is 19.9 Å². The minimum atomic E-state index is 0.377. The van der Waals surface area contributed by atoms with Gasteiger partial charge in [0.15, 0.2) is 11.6 Å². The van der Waals surface area contributed by atoms with Gasteiger partial charge in [0.25, 0.3) is 0 Å². The zero-order valence-corrected chi connectivity index (χ0v) is 25.3. The van der Waals surface area contributed by atoms with Gasteiger partial charge in [0, 0.05) is 32.6 Å². The Morgan fingerprint density at radius 2 is 1.02 bits per heavy atom. The van der Waals surface area contributed by atoms with Crippen molar-refractivity contribution in [3.8, 4) is 28.8 Å². The Labute approximate surface area is 267 Å². The van der Waals surface area contributed by atoms with Crippen LogP contribution in [0.25, 0.3) is 33.5 Å². The molecule has 0 radical (unpaired) electrons. The zero-order valence-electron chi connectivity index (χ0n) is 23.7. The number of hydrogen-bond acceptors (Lipinski definition) is 7. The first-order valence-corrected chi connectivity index (χ1v) is 15.1. The van der Waals surface area contributed by atoms with Gasteiger partial charge in [-0.1, -0.05) is 97.1 Å². The molecule has 0 amide bonds. The molecule has 0 N–H and O–H groups in total. The molecule has 0 atom stereocenters. The molecule has 2 aromatic heterocycles. The fraction of sp³-hybridized carbons (Fsp3) is 0. The molecule has 8 heteroatoms. The highest BCUT2D eigenvalue weighted by Crippen LogP contribution is 2.55. The molecule has 0 spiro atoms. The average Bonchev–Trinajstić information content (AvgIpc) is 3.11. The van der Waals surface area contributed by atoms with E-state index in [1.807, 2.05) is 97.1 Å². The van der Waals surface area contributed by atoms with Crippen LogP contribution < -0.4 is 9.80 Å². The Morgan fingerprint density at radius 3 is 1.56 bits per heavy atom. The number of fused-ring (bicyclic) bond motifs is 3. The third-order valence-electron chi connectivity index (χ3n) is 7.80. The lowest BCUT2D eigenvalue weighted by molar-refractivity contribution is 1.01. The van der Waals surface area contributed by atoms with E-state index in [1.54, 1.807) is 6.20 Å². The highest BCUT2D eigenvalue weighted by molar-refractivity contribution is 9.10. The number of hydrogen-bond donors (Lipinski definition) is 0. The average molecular weight is 645 g/mol. The van der Waals surface area contributed by atoms with Gasteiger partial charge < -0.3 is 4.90 Å². The number of anilines is 6. The molecule has 0 fully saturated rings. The number of benzene rings is 5. The SMILES string of the molecule is N#Cc1ncc(Br)c2c(N3c4ccccc4N(c4nc(-c5ccccc5)nc(-c5ccccc5)n4)c4ccccc43)cccc12. The summed E-state index contributed by atoms with van der Waals surface area (Å²) in [5.41, 5.74) is 6.79. The number of aromatic nitrogens is 4. The van der Waals surface area contributed by atoms with E-state index in [9.17, 15) is 5.26 Å². The van der Waals surface area contributed by atoms with E-state index in [2.05, 4.69) is 67.1 Å². The Hall–Kier alpha value is -5.91. The van der Waals surface area contributed by atoms with Crippen LogP contribution in [0.15, 0.2) is 138 Å². The van der Waals surface area contributed by atoms with Crippen molar-refractivity contribution in [2.45, 2.75) is 0 Å². The van der Waals surface area contributed by atoms with Gasteiger partial charge in [-0.25, -0.2) is 9.97 Å². The van der Waals surface area contributed by atoms with Gasteiger partial charge in [-0.2, -0.15) is 15.2 Å². The molecule has 0 unspecified atom stereocenters. The summed E-state index contributed by atoms with van der Waals surface area (Å²) in [6, 6.07) is 44.6. The van der Waals surface area contributed by atoms with Crippen LogP contribution >= 0.6 is 15.9 Å². The van der Waals surface area contributed by atoms with Crippen LogP contribution in [0.3, 0.4) is 0 Å². The van der Waals surface area contributed by atoms with E-state index in [-0.39, 0.29) is 0 Å². The highest BCUT2D eigenvalue weighted by atomic mass is 79.9. The topological polar surface area (TPSA) is 81.8 Å². The molecule has 1 aliphatic rings. The standard InChI is InChI=1S/C37H22BrN7/c38-27-23-40-28(22-39)26-16-11-21-33(34(26)27)44-29-17-7-9-19-31(29)45(32-20-10-8-18-30(32)44)37-42-35(24-12-3-1-4-13-24)41-36(43-37)25-14-5-2-6-15-25/h1-21,23H. The van der Waals surface area contributed by atoms with E-state index in [0.717, 1.165) is 54.8 Å². The van der Waals surface area contributed by atoms with Crippen LogP contribution in [0.1, 0.15) is 5.69 Å². The van der Waals surface area contributed by atoms with Crippen LogP contribution in [0.5, 0.6) is 0 Å². The molecule has 7 aromatic rings. The van der Waals surface area contributed by atoms with Crippen LogP contribution in [0.4, 0.5) is 34.4 Å². The second-order valence-corrected chi connectivity index (χ2v) is 11.3. The van der Waals surface area contributed by atoms with E-state index in [1.165, 1.54) is 0 Å². The zero-order chi connectivity index (χ0) is 30.3. The Balaban J connectivity index is 1.39. The fourth-order valence-corrected chi connectivity index (χ4v) is 6.35. The van der Waals surface area contributed by atoms with Crippen molar-refractivity contribution in [1.82, 2.24) is 19.9 Å². The predicted octanol–water partition coefficient (Wildman–Crippen LogP) is 9.64. The lowest BCUT2D eigenvalue weighted by Crippen LogP contribution is -2.25. The summed E-state index contributed by atoms with van der Waals surface area (Å²) in [5, 5.41) is 11.5. The second-order valence-electron chi connectivity index (χ2n) is 10.4. The van der Waals surface area contributed by atoms with Gasteiger partial charge in [-0.15, -0.1) is 0 Å². The summed E-state index contributed by atoms with van der Waals surface area (Å²) in [6.45, 7) is 0. The van der Waals surface area contributed by atoms with Gasteiger partial charge in [0.2, 0.25) is 5.95 Å². The predicted molar refractivity (Wildman–Crippen MR) is 181 cm³/mol. The highest BCUT2D eigenvalue weighted by Gasteiger charge is 2.33. The first-order chi connectivity index (χ1) is 22.2. The maximum atomic E-state index is 9.85. The largest absolute Gasteiger partial charge is 0.306 e. The smallest absolute Gasteiger partial charge is 0.238 e. The molecule has 0 saturated heterocycles. The van der Waals surface area contributed by atoms with Crippen LogP contribution in [0.2, 0.25) is 0 Å². The van der Waals surface area contributed by atoms with Crippen LogP contribution in [-0.2, 0) is 0 Å². The summed E-state index contributed by atoms with van der Waals surface area (Å²) >= 11 is 3.73. The lowest BCUT2D eigenvalue weighted by Gasteiger charge is -2.39. The van der Waals surface area contributed by atoms with E-state index >= 15 is 0 Å². The van der Waals surface area contributed by atoms with Crippen molar-refractivity contribution < 1.29 is 0 Å². The van der Waals surface area contributed by atoms with Crippen molar-refractivity contribution in [2.75, 3.05) is 9.80 Å². The van der Waals surface area contributed by atoms with Crippen molar-refractivity contribution >= 4 is 61.1 Å². The quantitative estimate of drug-likeness (QED) is 0.189. The summed E-state index contributed by atoms with van der Waals surface area (Å²) in [7, 11) is 0. The van der Waals surface area contributed by atoms with Gasteiger partial charge in [0.05, 0.1) is 28.4 Å². The second kappa shape index (κ2) is 11.0. The number of nitrogens with zero attached hydrogens (tertiary/aromatic N) is 7. The van der Waals surface area contributed by atoms with Gasteiger partial charge in [-0.3, -0.25) is 4.90 Å². The number of pyridine rings is 1. The van der Waals surface area contributed by atoms with E-state index < -0.39 is 0 Å². The van der Waals surface area contributed by atoms with Crippen molar-refractivity contribution in [1.29, 1.82) is 5.26 Å². The maximum Gasteiger partial charge on any atom is 0.238 e. The number of para-hydroxylation sites is 4. The Bertz CT molecular complexity index is 2160. The third-order valence-corrected chi connectivity index (χ3v) is 8.41. The molecule has 212 valence electrons. The minimum Gasteiger partial charge on any atom is -0.306 e. The lowest BCUT2D eigenvalue weighted by atomic mass is 10.0. The molecule has 5 aromatic carbocycles. The molecule has 3 heterocycles. The molecular formula is C37H22BrN7. The van der Waals surface area contributed by atoms with Gasteiger partial charge in [-0.05, 0) is 46.3 Å². The van der Waals surface area contributed by atoms with Crippen molar-refractivity contribution in [2.24, 2.45) is 0 Å². The fourth-order valence-electron chi connectivity index (χ4n) is 5.84. The summed E-state index contributed by atoms with van der Waals surface area (Å²) in [5.74, 6) is 1.69. The first kappa shape index (κ1) is 26.7. The third kappa shape index (κ3) is 4.49. The molecular weight excluding hydrogens is 622 g/mol. The normalized spacial score (nSPS) is 12.0. The summed E-state index contributed by atoms with van der Waals surface area (Å²) < 4.78 is 0.807. The van der Waals surface area contributed by atoms with Gasteiger partial charge in [0.1, 0.15) is 11.8 Å². The van der Waals surface area contributed by atoms with E-state index in [0.29, 0.717) is 23.3 Å². The van der Waals surface area contributed by atoms with Gasteiger partial charge >= 0.3 is 0 Å². The minimum absolute atomic E-state index is 0.377. The Kier molecular flexibility index (Phi) is 6.51.